The van der Waals surface area contributed by atoms with Crippen LogP contribution in [0.4, 0.5) is 0 Å². The number of benzene rings is 1. The topological polar surface area (TPSA) is 185 Å². The largest absolute Gasteiger partial charge is 0.481 e. The van der Waals surface area contributed by atoms with E-state index in [-0.39, 0.29) is 120 Å². The van der Waals surface area contributed by atoms with Crippen molar-refractivity contribution in [3.05, 3.63) is 35.9 Å². The highest BCUT2D eigenvalue weighted by molar-refractivity contribution is 6.29. The Labute approximate surface area is 314 Å². The lowest BCUT2D eigenvalue weighted by atomic mass is 10.2. The number of hydrazine groups is 2. The zero-order valence-corrected chi connectivity index (χ0v) is 30.7. The van der Waals surface area contributed by atoms with Gasteiger partial charge in [0.1, 0.15) is 30.1 Å². The van der Waals surface area contributed by atoms with Gasteiger partial charge in [-0.15, -0.1) is 46.4 Å². The molecular formula is C31H40Cl4N6O10. The maximum Gasteiger partial charge on any atom is 0.306 e. The summed E-state index contributed by atoms with van der Waals surface area (Å²) >= 11 is 22.3. The molecule has 0 bridgehead atoms. The first-order valence-electron chi connectivity index (χ1n) is 15.8. The predicted octanol–water partition coefficient (Wildman–Crippen LogP) is 1.15. The molecule has 2 fully saturated rings. The average Bonchev–Trinajstić information content (AvgIpc) is 3.52. The summed E-state index contributed by atoms with van der Waals surface area (Å²) in [4.78, 5) is 97.5. The SMILES string of the molecule is O=C(CCC(=O)N1CCN(C(=O)CCl)N(C(=O)CCl)CC1)OCc1ccccc1.O=C(O)CCC(=O)N1CCN(C(=O)CCl)N(C(=O)CCl)CC1. The van der Waals surface area contributed by atoms with Crippen molar-refractivity contribution in [1.29, 1.82) is 0 Å². The summed E-state index contributed by atoms with van der Waals surface area (Å²) < 4.78 is 5.17. The molecule has 1 N–H and O–H groups in total. The summed E-state index contributed by atoms with van der Waals surface area (Å²) in [5, 5.41) is 13.4. The minimum absolute atomic E-state index is 0.0134. The van der Waals surface area contributed by atoms with Crippen LogP contribution < -0.4 is 0 Å². The van der Waals surface area contributed by atoms with Crippen LogP contribution in [0.25, 0.3) is 0 Å². The third kappa shape index (κ3) is 14.4. The second-order valence-corrected chi connectivity index (χ2v) is 12.0. The Morgan fingerprint density at radius 3 is 1.20 bits per heavy atom. The molecule has 0 atom stereocenters. The van der Waals surface area contributed by atoms with Crippen molar-refractivity contribution in [2.75, 3.05) is 75.9 Å². The Balaban J connectivity index is 0.000000368. The Kier molecular flexibility index (Phi) is 19.4. The molecule has 20 heteroatoms. The number of carboxylic acid groups (broad SMARTS) is 1. The minimum atomic E-state index is -1.05. The fourth-order valence-corrected chi connectivity index (χ4v) is 5.48. The van der Waals surface area contributed by atoms with Crippen LogP contribution in [0.3, 0.4) is 0 Å². The highest BCUT2D eigenvalue weighted by atomic mass is 35.5. The molecule has 0 aromatic heterocycles. The van der Waals surface area contributed by atoms with E-state index in [0.717, 1.165) is 5.56 Å². The van der Waals surface area contributed by atoms with E-state index in [1.807, 2.05) is 30.3 Å². The van der Waals surface area contributed by atoms with Crippen molar-refractivity contribution < 1.29 is 48.2 Å². The average molecular weight is 799 g/mol. The van der Waals surface area contributed by atoms with E-state index >= 15 is 0 Å². The second-order valence-electron chi connectivity index (χ2n) is 10.9. The van der Waals surface area contributed by atoms with Crippen LogP contribution in [0, 0.1) is 0 Å². The molecule has 6 amide bonds. The second kappa shape index (κ2) is 22.9. The molecule has 2 aliphatic rings. The Morgan fingerprint density at radius 1 is 0.510 bits per heavy atom. The van der Waals surface area contributed by atoms with Gasteiger partial charge in [-0.3, -0.25) is 38.4 Å². The maximum atomic E-state index is 12.5. The quantitative estimate of drug-likeness (QED) is 0.238. The maximum absolute atomic E-state index is 12.5. The molecule has 16 nitrogen and oxygen atoms in total. The number of amides is 6. The first-order chi connectivity index (χ1) is 24.4. The lowest BCUT2D eigenvalue weighted by molar-refractivity contribution is -0.159. The van der Waals surface area contributed by atoms with Crippen LogP contribution in [0.15, 0.2) is 30.3 Å². The lowest BCUT2D eigenvalue weighted by Gasteiger charge is -2.31. The Hall–Kier alpha value is -3.86. The number of carboxylic acids is 1. The molecule has 2 heterocycles. The number of hydrogen-bond acceptors (Lipinski definition) is 9. The number of carbonyl (C=O) groups excluding carboxylic acids is 7. The van der Waals surface area contributed by atoms with Crippen LogP contribution in [0.2, 0.25) is 0 Å². The molecule has 0 aliphatic carbocycles. The van der Waals surface area contributed by atoms with Gasteiger partial charge in [0.25, 0.3) is 23.6 Å². The zero-order chi connectivity index (χ0) is 37.9. The van der Waals surface area contributed by atoms with E-state index in [1.54, 1.807) is 0 Å². The summed E-state index contributed by atoms with van der Waals surface area (Å²) in [7, 11) is 0. The van der Waals surface area contributed by atoms with Crippen molar-refractivity contribution in [3.8, 4) is 0 Å². The van der Waals surface area contributed by atoms with E-state index in [4.69, 9.17) is 56.2 Å². The molecule has 2 aliphatic heterocycles. The number of halogens is 4. The van der Waals surface area contributed by atoms with Crippen molar-refractivity contribution in [1.82, 2.24) is 29.8 Å². The van der Waals surface area contributed by atoms with Crippen molar-refractivity contribution in [3.63, 3.8) is 0 Å². The zero-order valence-electron chi connectivity index (χ0n) is 27.7. The van der Waals surface area contributed by atoms with Gasteiger partial charge in [-0.05, 0) is 5.56 Å². The van der Waals surface area contributed by atoms with Crippen molar-refractivity contribution >= 4 is 93.8 Å². The van der Waals surface area contributed by atoms with Gasteiger partial charge in [0.2, 0.25) is 11.8 Å². The monoisotopic (exact) mass is 796 g/mol. The molecule has 0 saturated carbocycles. The molecule has 2 saturated heterocycles. The van der Waals surface area contributed by atoms with Gasteiger partial charge >= 0.3 is 11.9 Å². The molecule has 282 valence electrons. The number of aliphatic carboxylic acids is 1. The van der Waals surface area contributed by atoms with Gasteiger partial charge in [0, 0.05) is 39.0 Å². The highest BCUT2D eigenvalue weighted by Gasteiger charge is 2.31. The Bertz CT molecular complexity index is 1340. The number of rotatable bonds is 12. The number of hydrogen-bond donors (Lipinski definition) is 1. The summed E-state index contributed by atoms with van der Waals surface area (Å²) in [6.07, 6.45) is -0.441. The van der Waals surface area contributed by atoms with E-state index < -0.39 is 35.6 Å². The van der Waals surface area contributed by atoms with E-state index in [2.05, 4.69) is 0 Å². The van der Waals surface area contributed by atoms with Crippen LogP contribution in [0.1, 0.15) is 31.2 Å². The summed E-state index contributed by atoms with van der Waals surface area (Å²) in [5.41, 5.74) is 0.868. The number of alkyl halides is 4. The number of carbonyl (C=O) groups is 8. The first-order valence-corrected chi connectivity index (χ1v) is 17.9. The van der Waals surface area contributed by atoms with Gasteiger partial charge in [-0.1, -0.05) is 30.3 Å². The van der Waals surface area contributed by atoms with Gasteiger partial charge in [0.05, 0.1) is 39.0 Å². The smallest absolute Gasteiger partial charge is 0.306 e. The number of nitrogens with zero attached hydrogens (tertiary/aromatic N) is 6. The third-order valence-electron chi connectivity index (χ3n) is 7.56. The fraction of sp³-hybridized carbons (Fsp3) is 0.548. The normalized spacial score (nSPS) is 14.8. The van der Waals surface area contributed by atoms with E-state index in [0.29, 0.717) is 0 Å². The van der Waals surface area contributed by atoms with Gasteiger partial charge in [0.15, 0.2) is 0 Å². The third-order valence-corrected chi connectivity index (χ3v) is 8.48. The van der Waals surface area contributed by atoms with Gasteiger partial charge < -0.3 is 19.6 Å². The van der Waals surface area contributed by atoms with Crippen LogP contribution in [-0.2, 0) is 49.7 Å². The molecule has 1 aromatic carbocycles. The minimum Gasteiger partial charge on any atom is -0.481 e. The first kappa shape index (κ1) is 43.3. The molecule has 0 radical (unpaired) electrons. The van der Waals surface area contributed by atoms with Crippen molar-refractivity contribution in [2.24, 2.45) is 0 Å². The molecule has 1 aromatic rings. The molecule has 3 rings (SSSR count). The van der Waals surface area contributed by atoms with Crippen LogP contribution in [0.5, 0.6) is 0 Å². The summed E-state index contributed by atoms with van der Waals surface area (Å²) in [6.45, 7) is 1.47. The van der Waals surface area contributed by atoms with Crippen LogP contribution >= 0.6 is 46.4 Å². The van der Waals surface area contributed by atoms with E-state index in [9.17, 15) is 38.4 Å². The molecule has 0 unspecified atom stereocenters. The molecular weight excluding hydrogens is 758 g/mol. The summed E-state index contributed by atoms with van der Waals surface area (Å²) in [6, 6.07) is 9.26. The number of esters is 1. The van der Waals surface area contributed by atoms with Crippen LogP contribution in [-0.4, -0.2) is 158 Å². The summed E-state index contributed by atoms with van der Waals surface area (Å²) in [5.74, 6) is -5.05. The standard InChI is InChI=1S/C19H23Cl2N3O5.C12H17Cl2N3O5/c20-12-17(26)23-10-8-22(9-11-24(23)18(27)13-21)16(25)6-7-19(28)29-14-15-4-2-1-3-5-15;13-7-10(19)16-5-3-15(9(18)1-2-12(21)22)4-6-17(16)11(20)8-14/h1-5H,6-14H2;1-8H2,(H,21,22). The molecule has 51 heavy (non-hydrogen) atoms. The lowest BCUT2D eigenvalue weighted by Crippen LogP contribution is -2.51. The predicted molar refractivity (Wildman–Crippen MR) is 185 cm³/mol. The Morgan fingerprint density at radius 2 is 0.863 bits per heavy atom. The molecule has 0 spiro atoms. The van der Waals surface area contributed by atoms with Gasteiger partial charge in [-0.2, -0.15) is 0 Å². The fourth-order valence-electron chi connectivity index (χ4n) is 4.93. The van der Waals surface area contributed by atoms with Gasteiger partial charge in [-0.25, -0.2) is 20.0 Å². The highest BCUT2D eigenvalue weighted by Crippen LogP contribution is 2.12. The number of ether oxygens (including phenoxy) is 1. The van der Waals surface area contributed by atoms with Crippen molar-refractivity contribution in [2.45, 2.75) is 32.3 Å². The van der Waals surface area contributed by atoms with E-state index in [1.165, 1.54) is 29.8 Å².